The Balaban J connectivity index is 2.26. The maximum Gasteiger partial charge on any atom is 0.490 e. The maximum atomic E-state index is 14.7. The molecule has 14 nitrogen and oxygen atoms in total. The maximum absolute atomic E-state index is 14.7. The number of phosphoric ester groups is 1. The molecule has 2 heterocycles. The van der Waals surface area contributed by atoms with Crippen molar-refractivity contribution in [3.05, 3.63) is 21.4 Å². The summed E-state index contributed by atoms with van der Waals surface area (Å²) in [5, 5.41) is 10.2. The topological polar surface area (TPSA) is 210 Å². The number of nitrogens with zero attached hydrogens (tertiary/aromatic N) is 1. The van der Waals surface area contributed by atoms with E-state index in [1.165, 1.54) is 0 Å². The van der Waals surface area contributed by atoms with Gasteiger partial charge in [-0.15, -0.1) is 6.42 Å². The van der Waals surface area contributed by atoms with Crippen LogP contribution >= 0.6 is 47.9 Å². The smallest absolute Gasteiger partial charge is 0.386 e. The molecule has 180 valence electrons. The molecule has 1 fully saturated rings. The van der Waals surface area contributed by atoms with Gasteiger partial charge >= 0.3 is 23.5 Å². The first-order valence-corrected chi connectivity index (χ1v) is 13.0. The Morgan fingerprint density at radius 3 is 2.38 bits per heavy atom. The van der Waals surface area contributed by atoms with Crippen molar-refractivity contribution in [1.29, 1.82) is 0 Å². The third kappa shape index (κ3) is 6.44. The number of alkyl halides is 1. The molecule has 6 N–H and O–H groups in total. The average Bonchev–Trinajstić information content (AvgIpc) is 2.85. The van der Waals surface area contributed by atoms with Crippen LogP contribution in [0.2, 0.25) is 0 Å². The highest BCUT2D eigenvalue weighted by atomic mass is 32.1. The van der Waals surface area contributed by atoms with E-state index < -0.39 is 64.6 Å². The fourth-order valence-corrected chi connectivity index (χ4v) is 5.91. The van der Waals surface area contributed by atoms with Gasteiger partial charge in [0.15, 0.2) is 28.6 Å². The summed E-state index contributed by atoms with van der Waals surface area (Å²) >= 11 is 9.52. The predicted octanol–water partition coefficient (Wildman–Crippen LogP) is 1.36. The Bertz CT molecular complexity index is 1200. The molecule has 3 unspecified atom stereocenters. The van der Waals surface area contributed by atoms with E-state index in [-0.39, 0.29) is 4.77 Å². The SMILES string of the molecule is C#C[C@]1(COP(=O)(O)OP(=O)(O)OP(=O)(O)O)O[C@@H](n2cc(F)c(=S)[nH]c2=S)[C@@H](F)C1O. The molecule has 0 spiro atoms. The molecular formula is C11H13F2N2O12P3S2. The lowest BCUT2D eigenvalue weighted by atomic mass is 9.98. The standard InChI is InChI=1S/C11H13F2N2O12P3S2/c1-2-11(4-24-29(20,21)27-30(22,23)26-28(17,18)19)7(16)6(13)9(25-11)15-3-5(12)8(31)14-10(15)32/h1,3,6-7,9,16H,4H2,(H,20,21)(H,22,23)(H,14,31,32)(H2,17,18,19)/t6-,7?,9+,11+/m0/s1. The van der Waals surface area contributed by atoms with Crippen LogP contribution in [0.15, 0.2) is 6.20 Å². The van der Waals surface area contributed by atoms with Crippen LogP contribution in [0, 0.1) is 27.6 Å². The fraction of sp³-hybridized carbons (Fsp3) is 0.455. The largest absolute Gasteiger partial charge is 0.490 e. The molecule has 0 bridgehead atoms. The summed E-state index contributed by atoms with van der Waals surface area (Å²) in [6, 6.07) is 0. The lowest BCUT2D eigenvalue weighted by molar-refractivity contribution is -0.0903. The molecule has 1 aromatic heterocycles. The Morgan fingerprint density at radius 2 is 1.84 bits per heavy atom. The van der Waals surface area contributed by atoms with Crippen LogP contribution in [0.4, 0.5) is 8.78 Å². The van der Waals surface area contributed by atoms with Gasteiger partial charge in [0, 0.05) is 6.20 Å². The molecule has 2 rings (SSSR count). The van der Waals surface area contributed by atoms with Gasteiger partial charge in [0.2, 0.25) is 0 Å². The number of ether oxygens (including phenoxy) is 1. The number of phosphoric acid groups is 3. The summed E-state index contributed by atoms with van der Waals surface area (Å²) in [4.78, 5) is 37.9. The minimum Gasteiger partial charge on any atom is -0.386 e. The van der Waals surface area contributed by atoms with Crippen LogP contribution in [0.25, 0.3) is 0 Å². The average molecular weight is 560 g/mol. The summed E-state index contributed by atoms with van der Waals surface area (Å²) in [5.74, 6) is 0.756. The van der Waals surface area contributed by atoms with Crippen LogP contribution < -0.4 is 0 Å². The van der Waals surface area contributed by atoms with E-state index in [0.29, 0.717) is 10.8 Å². The molecule has 1 aromatic rings. The van der Waals surface area contributed by atoms with Crippen LogP contribution in [0.5, 0.6) is 0 Å². The highest BCUT2D eigenvalue weighted by Gasteiger charge is 2.57. The van der Waals surface area contributed by atoms with Gasteiger partial charge in [-0.3, -0.25) is 9.09 Å². The number of rotatable bonds is 8. The summed E-state index contributed by atoms with van der Waals surface area (Å²) in [7, 11) is -17.1. The Labute approximate surface area is 187 Å². The normalized spacial score (nSPS) is 29.8. The number of aliphatic hydroxyl groups is 1. The van der Waals surface area contributed by atoms with Crippen molar-refractivity contribution in [2.75, 3.05) is 6.61 Å². The number of nitrogens with one attached hydrogen (secondary N) is 1. The quantitative estimate of drug-likeness (QED) is 0.151. The number of aliphatic hydroxyl groups excluding tert-OH is 1. The number of terminal acetylenes is 1. The molecular weight excluding hydrogens is 547 g/mol. The number of aromatic amines is 1. The number of aromatic nitrogens is 2. The number of hydrogen-bond donors (Lipinski definition) is 6. The monoisotopic (exact) mass is 560 g/mol. The Kier molecular flexibility index (Phi) is 8.16. The first kappa shape index (κ1) is 27.5. The number of halogens is 2. The van der Waals surface area contributed by atoms with E-state index in [1.54, 1.807) is 5.92 Å². The van der Waals surface area contributed by atoms with Crippen molar-refractivity contribution in [1.82, 2.24) is 9.55 Å². The predicted molar refractivity (Wildman–Crippen MR) is 103 cm³/mol. The Morgan fingerprint density at radius 1 is 1.25 bits per heavy atom. The van der Waals surface area contributed by atoms with E-state index in [0.717, 1.165) is 0 Å². The van der Waals surface area contributed by atoms with E-state index >= 15 is 0 Å². The van der Waals surface area contributed by atoms with Gasteiger partial charge in [-0.05, 0) is 12.2 Å². The summed E-state index contributed by atoms with van der Waals surface area (Å²) in [5.41, 5.74) is -2.53. The van der Waals surface area contributed by atoms with Gasteiger partial charge in [0.25, 0.3) is 0 Å². The third-order valence-electron chi connectivity index (χ3n) is 3.68. The van der Waals surface area contributed by atoms with Crippen LogP contribution in [0.1, 0.15) is 6.23 Å². The van der Waals surface area contributed by atoms with Crippen molar-refractivity contribution >= 4 is 47.9 Å². The van der Waals surface area contributed by atoms with Crippen LogP contribution in [-0.2, 0) is 31.6 Å². The van der Waals surface area contributed by atoms with Gasteiger partial charge in [0.05, 0.1) is 0 Å². The fourth-order valence-electron chi connectivity index (χ4n) is 2.38. The van der Waals surface area contributed by atoms with E-state index in [9.17, 15) is 32.5 Å². The molecule has 1 saturated heterocycles. The molecule has 1 aliphatic heterocycles. The minimum atomic E-state index is -5.84. The van der Waals surface area contributed by atoms with Gasteiger partial charge < -0.3 is 34.4 Å². The lowest BCUT2D eigenvalue weighted by Gasteiger charge is -2.27. The summed E-state index contributed by atoms with van der Waals surface area (Å²) < 4.78 is 78.8. The zero-order chi connectivity index (χ0) is 24.7. The first-order valence-electron chi connectivity index (χ1n) is 7.69. The van der Waals surface area contributed by atoms with Gasteiger partial charge in [-0.2, -0.15) is 8.62 Å². The van der Waals surface area contributed by atoms with E-state index in [1.807, 2.05) is 0 Å². The van der Waals surface area contributed by atoms with Crippen molar-refractivity contribution in [2.45, 2.75) is 24.1 Å². The van der Waals surface area contributed by atoms with Gasteiger partial charge in [0.1, 0.15) is 17.4 Å². The molecule has 21 heteroatoms. The molecule has 1 aliphatic rings. The lowest BCUT2D eigenvalue weighted by Crippen LogP contribution is -2.44. The molecule has 0 radical (unpaired) electrons. The second kappa shape index (κ2) is 9.49. The Hall–Kier alpha value is -0.730. The van der Waals surface area contributed by atoms with Crippen LogP contribution in [0.3, 0.4) is 0 Å². The second-order valence-electron chi connectivity index (χ2n) is 5.94. The number of hydrogen-bond acceptors (Lipinski definition) is 10. The summed E-state index contributed by atoms with van der Waals surface area (Å²) in [6.07, 6.45) is -0.652. The van der Waals surface area contributed by atoms with Crippen molar-refractivity contribution in [3.8, 4) is 12.3 Å². The molecule has 6 atom stereocenters. The van der Waals surface area contributed by atoms with Crippen molar-refractivity contribution < 1.29 is 65.0 Å². The van der Waals surface area contributed by atoms with Gasteiger partial charge in [-0.1, -0.05) is 18.1 Å². The molecule has 0 aromatic carbocycles. The molecule has 0 aliphatic carbocycles. The molecule has 0 saturated carbocycles. The van der Waals surface area contributed by atoms with Crippen molar-refractivity contribution in [3.63, 3.8) is 0 Å². The highest BCUT2D eigenvalue weighted by Crippen LogP contribution is 2.66. The van der Waals surface area contributed by atoms with Gasteiger partial charge in [-0.25, -0.2) is 22.5 Å². The molecule has 0 amide bonds. The zero-order valence-electron chi connectivity index (χ0n) is 15.0. The summed E-state index contributed by atoms with van der Waals surface area (Å²) in [6.45, 7) is -1.36. The van der Waals surface area contributed by atoms with Crippen molar-refractivity contribution in [2.24, 2.45) is 0 Å². The minimum absolute atomic E-state index is 0.336. The number of H-pyrrole nitrogens is 1. The van der Waals surface area contributed by atoms with Crippen LogP contribution in [-0.4, -0.2) is 58.7 Å². The zero-order valence-corrected chi connectivity index (χ0v) is 19.4. The third-order valence-corrected chi connectivity index (χ3v) is 8.08. The second-order valence-corrected chi connectivity index (χ2v) is 11.2. The first-order chi connectivity index (χ1) is 14.4. The van der Waals surface area contributed by atoms with E-state index in [2.05, 4.69) is 30.3 Å². The highest BCUT2D eigenvalue weighted by molar-refractivity contribution is 7.72. The van der Waals surface area contributed by atoms with E-state index in [4.69, 9.17) is 38.1 Å². The molecule has 32 heavy (non-hydrogen) atoms.